The molecule has 1 aromatic rings. The van der Waals surface area contributed by atoms with Crippen molar-refractivity contribution in [1.29, 1.82) is 0 Å². The van der Waals surface area contributed by atoms with Gasteiger partial charge in [-0.25, -0.2) is 9.97 Å². The zero-order chi connectivity index (χ0) is 17.7. The van der Waals surface area contributed by atoms with Crippen molar-refractivity contribution >= 4 is 29.4 Å². The second kappa shape index (κ2) is 8.70. The summed E-state index contributed by atoms with van der Waals surface area (Å²) in [4.78, 5) is 23.6. The Labute approximate surface area is 157 Å². The summed E-state index contributed by atoms with van der Waals surface area (Å²) < 4.78 is 5.48. The van der Waals surface area contributed by atoms with E-state index in [0.717, 1.165) is 49.9 Å². The molecule has 2 aliphatic rings. The molecule has 3 rings (SSSR count). The van der Waals surface area contributed by atoms with Crippen LogP contribution in [0.3, 0.4) is 0 Å². The van der Waals surface area contributed by atoms with Crippen LogP contribution in [-0.2, 0) is 9.53 Å². The molecule has 2 fully saturated rings. The molecule has 1 N–H and O–H groups in total. The first kappa shape index (κ1) is 18.9. The first-order chi connectivity index (χ1) is 12.1. The van der Waals surface area contributed by atoms with E-state index in [1.807, 2.05) is 31.7 Å². The Morgan fingerprint density at radius 3 is 2.72 bits per heavy atom. The Kier molecular flexibility index (Phi) is 6.60. The maximum atomic E-state index is 12.3. The highest BCUT2D eigenvalue weighted by Gasteiger charge is 2.40. The number of rotatable bonds is 6. The van der Waals surface area contributed by atoms with Gasteiger partial charge >= 0.3 is 0 Å². The summed E-state index contributed by atoms with van der Waals surface area (Å²) >= 11 is 3.38. The fraction of sp³-hybridized carbons (Fsp3) is 0.706. The van der Waals surface area contributed by atoms with Gasteiger partial charge in [-0.05, 0) is 32.1 Å². The predicted molar refractivity (Wildman–Crippen MR) is 102 cm³/mol. The van der Waals surface area contributed by atoms with Crippen LogP contribution in [0.25, 0.3) is 0 Å². The van der Waals surface area contributed by atoms with Crippen LogP contribution in [-0.4, -0.2) is 76.4 Å². The smallest absolute Gasteiger partial charge is 0.230 e. The molecule has 0 aromatic carbocycles. The number of amides is 1. The normalized spacial score (nSPS) is 24.4. The third-order valence-electron chi connectivity index (χ3n) is 4.67. The molecule has 0 bridgehead atoms. The van der Waals surface area contributed by atoms with Crippen molar-refractivity contribution in [2.75, 3.05) is 50.1 Å². The zero-order valence-electron chi connectivity index (χ0n) is 14.9. The van der Waals surface area contributed by atoms with Crippen LogP contribution < -0.4 is 5.32 Å². The minimum atomic E-state index is 0.0530. The van der Waals surface area contributed by atoms with E-state index in [4.69, 9.17) is 4.74 Å². The number of hydrogen-bond donors (Lipinski definition) is 1. The Hall–Kier alpha value is -0.830. The van der Waals surface area contributed by atoms with Crippen molar-refractivity contribution in [3.8, 4) is 0 Å². The van der Waals surface area contributed by atoms with Crippen LogP contribution in [0.2, 0.25) is 0 Å². The van der Waals surface area contributed by atoms with Gasteiger partial charge in [-0.3, -0.25) is 9.69 Å². The average molecular weight is 383 g/mol. The molecule has 138 valence electrons. The van der Waals surface area contributed by atoms with Gasteiger partial charge in [-0.2, -0.15) is 11.8 Å². The number of thioether (sulfide) groups is 2. The molecule has 0 saturated carbocycles. The van der Waals surface area contributed by atoms with Crippen LogP contribution >= 0.6 is 23.5 Å². The van der Waals surface area contributed by atoms with Gasteiger partial charge in [0.2, 0.25) is 5.91 Å². The van der Waals surface area contributed by atoms with E-state index in [1.54, 1.807) is 0 Å². The lowest BCUT2D eigenvalue weighted by Gasteiger charge is -2.43. The van der Waals surface area contributed by atoms with Gasteiger partial charge in [0.25, 0.3) is 0 Å². The van der Waals surface area contributed by atoms with E-state index < -0.39 is 0 Å². The summed E-state index contributed by atoms with van der Waals surface area (Å²) in [5.41, 5.74) is 1.96. The molecule has 1 aromatic heterocycles. The first-order valence-electron chi connectivity index (χ1n) is 8.70. The van der Waals surface area contributed by atoms with Crippen LogP contribution in [0, 0.1) is 13.8 Å². The van der Waals surface area contributed by atoms with E-state index in [0.29, 0.717) is 17.5 Å². The second-order valence-corrected chi connectivity index (χ2v) is 8.67. The summed E-state index contributed by atoms with van der Waals surface area (Å²) in [5, 5.41) is 3.82. The van der Waals surface area contributed by atoms with E-state index in [-0.39, 0.29) is 11.4 Å². The Balaban J connectivity index is 1.51. The van der Waals surface area contributed by atoms with Crippen molar-refractivity contribution in [3.63, 3.8) is 0 Å². The van der Waals surface area contributed by atoms with E-state index in [2.05, 4.69) is 20.2 Å². The van der Waals surface area contributed by atoms with Crippen LogP contribution in [0.1, 0.15) is 17.8 Å². The average Bonchev–Trinajstić information content (AvgIpc) is 3.08. The predicted octanol–water partition coefficient (Wildman–Crippen LogP) is 1.51. The quantitative estimate of drug-likeness (QED) is 0.591. The maximum Gasteiger partial charge on any atom is 0.230 e. The summed E-state index contributed by atoms with van der Waals surface area (Å²) in [5.74, 6) is 2.66. The lowest BCUT2D eigenvalue weighted by Crippen LogP contribution is -2.59. The third kappa shape index (κ3) is 5.09. The fourth-order valence-corrected chi connectivity index (χ4v) is 5.59. The van der Waals surface area contributed by atoms with Crippen molar-refractivity contribution in [3.05, 3.63) is 17.5 Å². The highest BCUT2D eigenvalue weighted by Crippen LogP contribution is 2.33. The summed E-state index contributed by atoms with van der Waals surface area (Å²) in [6.45, 7) is 8.11. The molecular formula is C17H26N4O2S2. The maximum absolute atomic E-state index is 12.3. The van der Waals surface area contributed by atoms with Crippen molar-refractivity contribution in [2.24, 2.45) is 0 Å². The van der Waals surface area contributed by atoms with Crippen molar-refractivity contribution in [1.82, 2.24) is 20.2 Å². The number of hydrogen-bond acceptors (Lipinski definition) is 7. The van der Waals surface area contributed by atoms with Gasteiger partial charge in [-0.1, -0.05) is 11.8 Å². The molecule has 6 nitrogen and oxygen atoms in total. The SMILES string of the molecule is Cc1cc(C)nc(SCC(=O)NCC2(N3CCOCC3)CCSC2)n1. The van der Waals surface area contributed by atoms with Crippen LogP contribution in [0.4, 0.5) is 0 Å². The van der Waals surface area contributed by atoms with Crippen molar-refractivity contribution < 1.29 is 9.53 Å². The molecular weight excluding hydrogens is 356 g/mol. The number of nitrogens with zero attached hydrogens (tertiary/aromatic N) is 3. The minimum absolute atomic E-state index is 0.0530. The molecule has 25 heavy (non-hydrogen) atoms. The number of aryl methyl sites for hydroxylation is 2. The van der Waals surface area contributed by atoms with Gasteiger partial charge in [0.05, 0.1) is 19.0 Å². The Morgan fingerprint density at radius 2 is 2.08 bits per heavy atom. The zero-order valence-corrected chi connectivity index (χ0v) is 16.5. The largest absolute Gasteiger partial charge is 0.379 e. The lowest BCUT2D eigenvalue weighted by atomic mass is 9.95. The van der Waals surface area contributed by atoms with Crippen LogP contribution in [0.5, 0.6) is 0 Å². The summed E-state index contributed by atoms with van der Waals surface area (Å²) in [7, 11) is 0. The third-order valence-corrected chi connectivity index (χ3v) is 6.75. The molecule has 0 aliphatic carbocycles. The number of ether oxygens (including phenoxy) is 1. The molecule has 8 heteroatoms. The van der Waals surface area contributed by atoms with Crippen LogP contribution in [0.15, 0.2) is 11.2 Å². The lowest BCUT2D eigenvalue weighted by molar-refractivity contribution is -0.119. The molecule has 2 saturated heterocycles. The highest BCUT2D eigenvalue weighted by atomic mass is 32.2. The number of carbonyl (C=O) groups is 1. The summed E-state index contributed by atoms with van der Waals surface area (Å²) in [6.07, 6.45) is 1.13. The standard InChI is InChI=1S/C17H26N4O2S2/c1-13-9-14(2)20-16(19-13)25-10-15(22)18-11-17(3-8-24-12-17)21-4-6-23-7-5-21/h9H,3-8,10-12H2,1-2H3,(H,18,22). The topological polar surface area (TPSA) is 67.4 Å². The monoisotopic (exact) mass is 382 g/mol. The molecule has 0 radical (unpaired) electrons. The molecule has 0 spiro atoms. The number of aromatic nitrogens is 2. The van der Waals surface area contributed by atoms with E-state index in [1.165, 1.54) is 17.5 Å². The molecule has 1 unspecified atom stereocenters. The molecule has 2 aliphatic heterocycles. The highest BCUT2D eigenvalue weighted by molar-refractivity contribution is 7.99. The number of carbonyl (C=O) groups excluding carboxylic acids is 1. The second-order valence-electron chi connectivity index (χ2n) is 6.63. The van der Waals surface area contributed by atoms with Gasteiger partial charge in [0, 0.05) is 42.3 Å². The fourth-order valence-electron chi connectivity index (χ4n) is 3.34. The molecule has 1 amide bonds. The first-order valence-corrected chi connectivity index (χ1v) is 10.8. The minimum Gasteiger partial charge on any atom is -0.379 e. The van der Waals surface area contributed by atoms with E-state index in [9.17, 15) is 4.79 Å². The summed E-state index contributed by atoms with van der Waals surface area (Å²) in [6, 6.07) is 1.94. The van der Waals surface area contributed by atoms with E-state index >= 15 is 0 Å². The Morgan fingerprint density at radius 1 is 1.36 bits per heavy atom. The Bertz CT molecular complexity index is 582. The van der Waals surface area contributed by atoms with Gasteiger partial charge in [0.1, 0.15) is 0 Å². The molecule has 3 heterocycles. The van der Waals surface area contributed by atoms with Crippen molar-refractivity contribution in [2.45, 2.75) is 31.0 Å². The van der Waals surface area contributed by atoms with Gasteiger partial charge < -0.3 is 10.1 Å². The van der Waals surface area contributed by atoms with Gasteiger partial charge in [-0.15, -0.1) is 0 Å². The number of morpholine rings is 1. The number of nitrogens with one attached hydrogen (secondary N) is 1. The molecule has 1 atom stereocenters. The van der Waals surface area contributed by atoms with Gasteiger partial charge in [0.15, 0.2) is 5.16 Å².